The van der Waals surface area contributed by atoms with E-state index in [-0.39, 0.29) is 11.6 Å². The molecule has 2 aliphatic rings. The first kappa shape index (κ1) is 11.1. The molecule has 2 aliphatic heterocycles. The van der Waals surface area contributed by atoms with Crippen LogP contribution in [0.1, 0.15) is 26.2 Å². The lowest BCUT2D eigenvalue weighted by atomic mass is 9.93. The van der Waals surface area contributed by atoms with Gasteiger partial charge in [-0.05, 0) is 19.3 Å². The van der Waals surface area contributed by atoms with Gasteiger partial charge in [0.05, 0.1) is 18.2 Å². The number of fused-ring (bicyclic) bond motifs is 1. The van der Waals surface area contributed by atoms with E-state index in [1.54, 1.807) is 0 Å². The Morgan fingerprint density at radius 1 is 1.67 bits per heavy atom. The summed E-state index contributed by atoms with van der Waals surface area (Å²) in [6.45, 7) is 9.46. The molecule has 0 aromatic rings. The molecule has 2 fully saturated rings. The van der Waals surface area contributed by atoms with Crippen molar-refractivity contribution in [2.45, 2.75) is 37.8 Å². The van der Waals surface area contributed by atoms with E-state index >= 15 is 0 Å². The molecule has 0 saturated carbocycles. The highest BCUT2D eigenvalue weighted by atomic mass is 16.5. The minimum atomic E-state index is -0.177. The van der Waals surface area contributed by atoms with Gasteiger partial charge in [0.15, 0.2) is 0 Å². The van der Waals surface area contributed by atoms with Crippen LogP contribution in [0.3, 0.4) is 0 Å². The molecule has 0 aromatic carbocycles. The van der Waals surface area contributed by atoms with Gasteiger partial charge in [0, 0.05) is 19.7 Å². The van der Waals surface area contributed by atoms with Crippen LogP contribution in [0.2, 0.25) is 0 Å². The predicted molar refractivity (Wildman–Crippen MR) is 59.8 cm³/mol. The number of aliphatic hydroxyl groups excluding tert-OH is 1. The second kappa shape index (κ2) is 4.24. The van der Waals surface area contributed by atoms with Crippen LogP contribution in [-0.2, 0) is 4.74 Å². The highest BCUT2D eigenvalue weighted by molar-refractivity contribution is 5.19. The summed E-state index contributed by atoms with van der Waals surface area (Å²) in [6.07, 6.45) is 2.71. The summed E-state index contributed by atoms with van der Waals surface area (Å²) in [5.41, 5.74) is 1.34. The highest BCUT2D eigenvalue weighted by Crippen LogP contribution is 2.40. The summed E-state index contributed by atoms with van der Waals surface area (Å²) in [7, 11) is 0. The zero-order chi connectivity index (χ0) is 10.9. The molecule has 0 spiro atoms. The number of β-amino-alcohol motifs (C(OH)–C–C–N with tert-alkyl or cyclic N) is 1. The SMILES string of the molecule is C=C1CN2C[C@H](O)C[C@@]2(COCCC)C1. The van der Waals surface area contributed by atoms with Crippen molar-refractivity contribution < 1.29 is 9.84 Å². The Morgan fingerprint density at radius 2 is 2.47 bits per heavy atom. The van der Waals surface area contributed by atoms with Crippen molar-refractivity contribution >= 4 is 0 Å². The van der Waals surface area contributed by atoms with Gasteiger partial charge < -0.3 is 9.84 Å². The minimum Gasteiger partial charge on any atom is -0.392 e. The van der Waals surface area contributed by atoms with Gasteiger partial charge in [-0.1, -0.05) is 19.1 Å². The first-order chi connectivity index (χ1) is 7.16. The second-order valence-electron chi connectivity index (χ2n) is 4.94. The Balaban J connectivity index is 1.99. The lowest BCUT2D eigenvalue weighted by molar-refractivity contribution is 0.0351. The molecule has 1 N–H and O–H groups in total. The van der Waals surface area contributed by atoms with E-state index in [0.717, 1.165) is 45.6 Å². The molecule has 2 saturated heterocycles. The van der Waals surface area contributed by atoms with Gasteiger partial charge in [-0.25, -0.2) is 0 Å². The lowest BCUT2D eigenvalue weighted by Gasteiger charge is -2.30. The fourth-order valence-corrected chi connectivity index (χ4v) is 2.90. The lowest BCUT2D eigenvalue weighted by Crippen LogP contribution is -2.42. The average molecular weight is 211 g/mol. The maximum absolute atomic E-state index is 9.72. The van der Waals surface area contributed by atoms with E-state index in [1.165, 1.54) is 5.57 Å². The molecule has 0 bridgehead atoms. The maximum Gasteiger partial charge on any atom is 0.0686 e. The molecule has 2 rings (SSSR count). The van der Waals surface area contributed by atoms with Crippen molar-refractivity contribution in [3.8, 4) is 0 Å². The van der Waals surface area contributed by atoms with Gasteiger partial charge in [0.1, 0.15) is 0 Å². The Labute approximate surface area is 91.7 Å². The normalized spacial score (nSPS) is 36.1. The summed E-state index contributed by atoms with van der Waals surface area (Å²) in [4.78, 5) is 2.34. The van der Waals surface area contributed by atoms with Crippen molar-refractivity contribution in [2.75, 3.05) is 26.3 Å². The molecule has 0 aromatic heterocycles. The third kappa shape index (κ3) is 2.10. The third-order valence-corrected chi connectivity index (χ3v) is 3.43. The summed E-state index contributed by atoms with van der Waals surface area (Å²) < 4.78 is 5.67. The molecule has 2 heterocycles. The van der Waals surface area contributed by atoms with Crippen molar-refractivity contribution in [1.82, 2.24) is 4.90 Å². The summed E-state index contributed by atoms with van der Waals surface area (Å²) in [5.74, 6) is 0. The number of aliphatic hydroxyl groups is 1. The van der Waals surface area contributed by atoms with Gasteiger partial charge in [0.2, 0.25) is 0 Å². The molecule has 2 atom stereocenters. The molecular weight excluding hydrogens is 190 g/mol. The first-order valence-electron chi connectivity index (χ1n) is 5.84. The van der Waals surface area contributed by atoms with Crippen LogP contribution in [0, 0.1) is 0 Å². The zero-order valence-corrected chi connectivity index (χ0v) is 9.54. The van der Waals surface area contributed by atoms with E-state index < -0.39 is 0 Å². The Kier molecular flexibility index (Phi) is 3.14. The second-order valence-corrected chi connectivity index (χ2v) is 4.94. The fourth-order valence-electron chi connectivity index (χ4n) is 2.90. The van der Waals surface area contributed by atoms with E-state index in [9.17, 15) is 5.11 Å². The van der Waals surface area contributed by atoms with Crippen molar-refractivity contribution in [1.29, 1.82) is 0 Å². The maximum atomic E-state index is 9.72. The Morgan fingerprint density at radius 3 is 3.20 bits per heavy atom. The van der Waals surface area contributed by atoms with Gasteiger partial charge in [0.25, 0.3) is 0 Å². The van der Waals surface area contributed by atoms with Crippen LogP contribution >= 0.6 is 0 Å². The third-order valence-electron chi connectivity index (χ3n) is 3.43. The van der Waals surface area contributed by atoms with Crippen LogP contribution in [0.5, 0.6) is 0 Å². The van der Waals surface area contributed by atoms with Gasteiger partial charge >= 0.3 is 0 Å². The number of ether oxygens (including phenoxy) is 1. The largest absolute Gasteiger partial charge is 0.392 e. The minimum absolute atomic E-state index is 0.0612. The average Bonchev–Trinajstić information content (AvgIpc) is 2.56. The summed E-state index contributed by atoms with van der Waals surface area (Å²) >= 11 is 0. The van der Waals surface area contributed by atoms with Crippen molar-refractivity contribution in [2.24, 2.45) is 0 Å². The molecule has 3 nitrogen and oxygen atoms in total. The number of rotatable bonds is 4. The van der Waals surface area contributed by atoms with E-state index in [0.29, 0.717) is 0 Å². The molecule has 3 heteroatoms. The topological polar surface area (TPSA) is 32.7 Å². The highest BCUT2D eigenvalue weighted by Gasteiger charge is 2.49. The van der Waals surface area contributed by atoms with Crippen molar-refractivity contribution in [3.05, 3.63) is 12.2 Å². The smallest absolute Gasteiger partial charge is 0.0686 e. The fraction of sp³-hybridized carbons (Fsp3) is 0.833. The summed E-state index contributed by atoms with van der Waals surface area (Å²) in [6, 6.07) is 0. The molecule has 0 amide bonds. The molecule has 0 unspecified atom stereocenters. The van der Waals surface area contributed by atoms with Crippen LogP contribution in [0.15, 0.2) is 12.2 Å². The van der Waals surface area contributed by atoms with E-state index in [2.05, 4.69) is 18.4 Å². The van der Waals surface area contributed by atoms with Gasteiger partial charge in [-0.2, -0.15) is 0 Å². The summed E-state index contributed by atoms with van der Waals surface area (Å²) in [5, 5.41) is 9.72. The Hall–Kier alpha value is -0.380. The standard InChI is InChI=1S/C12H21NO2/c1-3-4-15-9-12-5-10(2)7-13(12)8-11(14)6-12/h11,14H,2-9H2,1H3/t11-,12-/m1/s1. The zero-order valence-electron chi connectivity index (χ0n) is 9.54. The van der Waals surface area contributed by atoms with E-state index in [1.807, 2.05) is 0 Å². The quantitative estimate of drug-likeness (QED) is 0.560. The molecule has 15 heavy (non-hydrogen) atoms. The van der Waals surface area contributed by atoms with Crippen LogP contribution in [0.4, 0.5) is 0 Å². The molecule has 0 aliphatic carbocycles. The van der Waals surface area contributed by atoms with Crippen LogP contribution in [-0.4, -0.2) is 48.0 Å². The Bertz CT molecular complexity index is 254. The monoisotopic (exact) mass is 211 g/mol. The first-order valence-corrected chi connectivity index (χ1v) is 5.84. The number of hydrogen-bond donors (Lipinski definition) is 1. The van der Waals surface area contributed by atoms with Crippen LogP contribution in [0.25, 0.3) is 0 Å². The number of nitrogens with zero attached hydrogens (tertiary/aromatic N) is 1. The molecular formula is C12H21NO2. The number of hydrogen-bond acceptors (Lipinski definition) is 3. The molecule has 86 valence electrons. The van der Waals surface area contributed by atoms with Gasteiger partial charge in [-0.3, -0.25) is 4.90 Å². The van der Waals surface area contributed by atoms with Gasteiger partial charge in [-0.15, -0.1) is 0 Å². The molecule has 0 radical (unpaired) electrons. The predicted octanol–water partition coefficient (Wildman–Crippen LogP) is 1.18. The van der Waals surface area contributed by atoms with Crippen LogP contribution < -0.4 is 0 Å². The van der Waals surface area contributed by atoms with E-state index in [4.69, 9.17) is 4.74 Å². The van der Waals surface area contributed by atoms with Crippen molar-refractivity contribution in [3.63, 3.8) is 0 Å².